The minimum absolute atomic E-state index is 0.00915. The molecule has 3 nitrogen and oxygen atoms in total. The Morgan fingerprint density at radius 1 is 1.29 bits per heavy atom. The van der Waals surface area contributed by atoms with Gasteiger partial charge in [-0.2, -0.15) is 0 Å². The fourth-order valence-corrected chi connectivity index (χ4v) is 3.59. The zero-order chi connectivity index (χ0) is 15.2. The molecular weight excluding hydrogens is 350 g/mol. The maximum atomic E-state index is 12.1. The first-order valence-corrected chi connectivity index (χ1v) is 8.57. The minimum atomic E-state index is -0.00915. The number of carbonyl (C=O) groups is 1. The molecule has 0 spiro atoms. The molecule has 1 aromatic carbocycles. The van der Waals surface area contributed by atoms with Gasteiger partial charge in [-0.15, -0.1) is 11.3 Å². The van der Waals surface area contributed by atoms with Crippen molar-refractivity contribution in [3.8, 4) is 5.75 Å². The van der Waals surface area contributed by atoms with Crippen LogP contribution in [0.2, 0.25) is 0 Å². The van der Waals surface area contributed by atoms with Gasteiger partial charge in [0.25, 0.3) is 0 Å². The van der Waals surface area contributed by atoms with Crippen molar-refractivity contribution in [3.05, 3.63) is 45.1 Å². The summed E-state index contributed by atoms with van der Waals surface area (Å²) in [5, 5.41) is 1.89. The number of ketones is 1. The molecule has 0 amide bonds. The van der Waals surface area contributed by atoms with Gasteiger partial charge in [-0.1, -0.05) is 6.07 Å². The lowest BCUT2D eigenvalue weighted by atomic mass is 10.2. The van der Waals surface area contributed by atoms with Gasteiger partial charge in [-0.25, -0.2) is 0 Å². The van der Waals surface area contributed by atoms with Gasteiger partial charge in [0.2, 0.25) is 5.78 Å². The Balaban J connectivity index is 2.02. The third-order valence-corrected chi connectivity index (χ3v) is 5.07. The number of hydrogen-bond acceptors (Lipinski definition) is 4. The van der Waals surface area contributed by atoms with Gasteiger partial charge < -0.3 is 9.64 Å². The van der Waals surface area contributed by atoms with Crippen molar-refractivity contribution in [3.63, 3.8) is 0 Å². The normalized spacial score (nSPS) is 10.4. The second-order valence-electron chi connectivity index (χ2n) is 4.48. The zero-order valence-corrected chi connectivity index (χ0v) is 14.5. The quantitative estimate of drug-likeness (QED) is 0.668. The highest BCUT2D eigenvalue weighted by Crippen LogP contribution is 2.24. The van der Waals surface area contributed by atoms with Crippen LogP contribution in [-0.4, -0.2) is 25.5 Å². The van der Waals surface area contributed by atoms with Crippen molar-refractivity contribution in [2.45, 2.75) is 13.8 Å². The van der Waals surface area contributed by atoms with Crippen LogP contribution in [0.5, 0.6) is 5.75 Å². The summed E-state index contributed by atoms with van der Waals surface area (Å²) >= 11 is 4.79. The van der Waals surface area contributed by atoms with E-state index in [0.29, 0.717) is 4.88 Å². The fraction of sp³-hybridized carbons (Fsp3) is 0.312. The monoisotopic (exact) mass is 367 g/mol. The molecule has 2 rings (SSSR count). The first-order valence-electron chi connectivity index (χ1n) is 6.89. The molecule has 1 heterocycles. The van der Waals surface area contributed by atoms with Crippen LogP contribution in [0.4, 0.5) is 5.69 Å². The van der Waals surface area contributed by atoms with Gasteiger partial charge >= 0.3 is 0 Å². The molecule has 0 aliphatic heterocycles. The third kappa shape index (κ3) is 4.08. The molecule has 1 aromatic heterocycles. The lowest BCUT2D eigenvalue weighted by Gasteiger charge is -2.21. The van der Waals surface area contributed by atoms with E-state index < -0.39 is 0 Å². The van der Waals surface area contributed by atoms with Gasteiger partial charge in [0.15, 0.2) is 6.61 Å². The molecule has 2 aromatic rings. The average molecular weight is 368 g/mol. The first-order chi connectivity index (χ1) is 10.2. The smallest absolute Gasteiger partial charge is 0.211 e. The summed E-state index contributed by atoms with van der Waals surface area (Å²) in [5.74, 6) is 0.713. The van der Waals surface area contributed by atoms with Gasteiger partial charge in [0, 0.05) is 29.3 Å². The summed E-state index contributed by atoms with van der Waals surface area (Å²) in [6.45, 7) is 6.19. The number of hydrogen-bond donors (Lipinski definition) is 0. The largest absolute Gasteiger partial charge is 0.485 e. The molecule has 0 aliphatic rings. The third-order valence-electron chi connectivity index (χ3n) is 3.19. The van der Waals surface area contributed by atoms with Crippen molar-refractivity contribution in [1.29, 1.82) is 0 Å². The van der Waals surface area contributed by atoms with E-state index in [1.807, 2.05) is 29.6 Å². The first kappa shape index (κ1) is 16.0. The number of anilines is 1. The van der Waals surface area contributed by atoms with Crippen molar-refractivity contribution in [1.82, 2.24) is 0 Å². The summed E-state index contributed by atoms with van der Waals surface area (Å²) in [5.41, 5.74) is 1.11. The molecule has 5 heteroatoms. The van der Waals surface area contributed by atoms with E-state index in [1.165, 1.54) is 11.3 Å². The molecule has 0 saturated heterocycles. The highest BCUT2D eigenvalue weighted by molar-refractivity contribution is 9.10. The Labute approximate surface area is 137 Å². The fourth-order valence-electron chi connectivity index (χ4n) is 2.07. The van der Waals surface area contributed by atoms with E-state index in [2.05, 4.69) is 40.7 Å². The molecule has 0 N–H and O–H groups in total. The lowest BCUT2D eigenvalue weighted by Crippen LogP contribution is -2.21. The average Bonchev–Trinajstić information content (AvgIpc) is 2.93. The van der Waals surface area contributed by atoms with Crippen molar-refractivity contribution >= 4 is 38.7 Å². The molecule has 0 atom stereocenters. The summed E-state index contributed by atoms with van der Waals surface area (Å²) in [6, 6.07) is 9.73. The Morgan fingerprint density at radius 2 is 2.05 bits per heavy atom. The van der Waals surface area contributed by atoms with Crippen LogP contribution in [0.25, 0.3) is 0 Å². The van der Waals surface area contributed by atoms with E-state index in [1.54, 1.807) is 0 Å². The highest BCUT2D eigenvalue weighted by atomic mass is 79.9. The lowest BCUT2D eigenvalue weighted by molar-refractivity contribution is 0.0925. The molecule has 112 valence electrons. The summed E-state index contributed by atoms with van der Waals surface area (Å²) < 4.78 is 6.47. The van der Waals surface area contributed by atoms with Crippen LogP contribution < -0.4 is 9.64 Å². The zero-order valence-electron chi connectivity index (χ0n) is 12.1. The number of benzene rings is 1. The number of carbonyl (C=O) groups excluding carboxylic acids is 1. The van der Waals surface area contributed by atoms with E-state index in [4.69, 9.17) is 4.74 Å². The molecule has 0 unspecified atom stereocenters. The van der Waals surface area contributed by atoms with Gasteiger partial charge in [0.05, 0.1) is 4.88 Å². The van der Waals surface area contributed by atoms with E-state index >= 15 is 0 Å². The number of rotatable bonds is 7. The second kappa shape index (κ2) is 7.61. The number of halogens is 1. The SMILES string of the molecule is CCN(CC)c1cccc(OCC(=O)c2sccc2Br)c1. The molecular formula is C16H18BrNO2S. The van der Waals surface area contributed by atoms with Gasteiger partial charge in [-0.05, 0) is 53.4 Å². The number of ether oxygens (including phenoxy) is 1. The predicted molar refractivity (Wildman–Crippen MR) is 91.8 cm³/mol. The van der Waals surface area contributed by atoms with E-state index in [9.17, 15) is 4.79 Å². The van der Waals surface area contributed by atoms with Crippen LogP contribution in [0.1, 0.15) is 23.5 Å². The molecule has 0 bridgehead atoms. The molecule has 0 aliphatic carbocycles. The summed E-state index contributed by atoms with van der Waals surface area (Å²) in [6.07, 6.45) is 0. The highest BCUT2D eigenvalue weighted by Gasteiger charge is 2.12. The molecule has 0 radical (unpaired) electrons. The summed E-state index contributed by atoms with van der Waals surface area (Å²) in [4.78, 5) is 15.0. The van der Waals surface area contributed by atoms with E-state index in [-0.39, 0.29) is 12.4 Å². The Morgan fingerprint density at radius 3 is 2.67 bits per heavy atom. The Kier molecular flexibility index (Phi) is 5.82. The topological polar surface area (TPSA) is 29.5 Å². The number of nitrogens with zero attached hydrogens (tertiary/aromatic N) is 1. The summed E-state index contributed by atoms with van der Waals surface area (Å²) in [7, 11) is 0. The van der Waals surface area contributed by atoms with Gasteiger partial charge in [-0.3, -0.25) is 4.79 Å². The Bertz CT molecular complexity index is 608. The van der Waals surface area contributed by atoms with Gasteiger partial charge in [0.1, 0.15) is 5.75 Å². The maximum Gasteiger partial charge on any atom is 0.211 e. The van der Waals surface area contributed by atoms with Crippen LogP contribution in [-0.2, 0) is 0 Å². The number of thiophene rings is 1. The molecule has 21 heavy (non-hydrogen) atoms. The number of Topliss-reactive ketones (excluding diaryl/α,β-unsaturated/α-hetero) is 1. The molecule has 0 saturated carbocycles. The molecule has 0 fully saturated rings. The van der Waals surface area contributed by atoms with Crippen LogP contribution in [0.3, 0.4) is 0 Å². The van der Waals surface area contributed by atoms with Crippen LogP contribution >= 0.6 is 27.3 Å². The van der Waals surface area contributed by atoms with Crippen LogP contribution in [0, 0.1) is 0 Å². The Hall–Kier alpha value is -1.33. The minimum Gasteiger partial charge on any atom is -0.485 e. The van der Waals surface area contributed by atoms with Crippen molar-refractivity contribution in [2.24, 2.45) is 0 Å². The van der Waals surface area contributed by atoms with Crippen LogP contribution in [0.15, 0.2) is 40.2 Å². The maximum absolute atomic E-state index is 12.1. The standard InChI is InChI=1S/C16H18BrNO2S/c1-3-18(4-2)12-6-5-7-13(10-12)20-11-15(19)16-14(17)8-9-21-16/h5-10H,3-4,11H2,1-2H3. The van der Waals surface area contributed by atoms with Crippen molar-refractivity contribution < 1.29 is 9.53 Å². The predicted octanol–water partition coefficient (Wildman–Crippen LogP) is 4.62. The second-order valence-corrected chi connectivity index (χ2v) is 6.25. The van der Waals surface area contributed by atoms with Crippen molar-refractivity contribution in [2.75, 3.05) is 24.6 Å². The van der Waals surface area contributed by atoms with E-state index in [0.717, 1.165) is 29.0 Å².